The van der Waals surface area contributed by atoms with Gasteiger partial charge < -0.3 is 10.6 Å². The van der Waals surface area contributed by atoms with Crippen molar-refractivity contribution in [2.75, 3.05) is 18.0 Å². The van der Waals surface area contributed by atoms with Crippen molar-refractivity contribution in [3.05, 3.63) is 24.0 Å². The van der Waals surface area contributed by atoms with Gasteiger partial charge in [-0.25, -0.2) is 0 Å². The van der Waals surface area contributed by atoms with Crippen molar-refractivity contribution in [2.45, 2.75) is 38.6 Å². The lowest BCUT2D eigenvalue weighted by Gasteiger charge is -2.28. The molecular formula is C13H21N3. The standard InChI is InChI=1S/C13H21N3/c14-11-12-13(7-6-8-15-12)16-9-4-2-1-3-5-10-16/h6-8H,1-5,9-11,14H2. The second-order valence-electron chi connectivity index (χ2n) is 4.43. The number of rotatable bonds is 2. The zero-order valence-corrected chi connectivity index (χ0v) is 9.86. The molecule has 0 saturated carbocycles. The Morgan fingerprint density at radius 1 is 1.12 bits per heavy atom. The molecule has 3 nitrogen and oxygen atoms in total. The van der Waals surface area contributed by atoms with Gasteiger partial charge in [0, 0.05) is 25.8 Å². The molecule has 1 aliphatic rings. The molecule has 0 spiro atoms. The normalized spacial score (nSPS) is 17.9. The average molecular weight is 219 g/mol. The molecule has 1 fully saturated rings. The Morgan fingerprint density at radius 3 is 2.50 bits per heavy atom. The number of anilines is 1. The Bertz CT molecular complexity index is 317. The van der Waals surface area contributed by atoms with Crippen molar-refractivity contribution in [1.29, 1.82) is 0 Å². The number of hydrogen-bond donors (Lipinski definition) is 1. The van der Waals surface area contributed by atoms with E-state index in [-0.39, 0.29) is 0 Å². The fourth-order valence-electron chi connectivity index (χ4n) is 2.36. The third kappa shape index (κ3) is 2.73. The third-order valence-corrected chi connectivity index (χ3v) is 3.26. The second-order valence-corrected chi connectivity index (χ2v) is 4.43. The maximum absolute atomic E-state index is 5.74. The molecule has 1 aromatic heterocycles. The number of pyridine rings is 1. The van der Waals surface area contributed by atoms with Gasteiger partial charge >= 0.3 is 0 Å². The van der Waals surface area contributed by atoms with Gasteiger partial charge in [-0.2, -0.15) is 0 Å². The van der Waals surface area contributed by atoms with Crippen molar-refractivity contribution in [1.82, 2.24) is 4.98 Å². The first-order valence-corrected chi connectivity index (χ1v) is 6.31. The first-order chi connectivity index (χ1) is 7.92. The predicted molar refractivity (Wildman–Crippen MR) is 67.4 cm³/mol. The third-order valence-electron chi connectivity index (χ3n) is 3.26. The highest BCUT2D eigenvalue weighted by Crippen LogP contribution is 2.21. The Hall–Kier alpha value is -1.09. The fraction of sp³-hybridized carbons (Fsp3) is 0.615. The zero-order valence-electron chi connectivity index (χ0n) is 9.86. The molecule has 0 unspecified atom stereocenters. The zero-order chi connectivity index (χ0) is 11.2. The van der Waals surface area contributed by atoms with Crippen LogP contribution < -0.4 is 10.6 Å². The van der Waals surface area contributed by atoms with Gasteiger partial charge in [-0.3, -0.25) is 4.98 Å². The Morgan fingerprint density at radius 2 is 1.81 bits per heavy atom. The SMILES string of the molecule is NCc1ncccc1N1CCCCCCC1. The maximum Gasteiger partial charge on any atom is 0.0772 e. The minimum Gasteiger partial charge on any atom is -0.370 e. The molecule has 0 aliphatic carbocycles. The lowest BCUT2D eigenvalue weighted by Crippen LogP contribution is -2.28. The van der Waals surface area contributed by atoms with Crippen molar-refractivity contribution >= 4 is 5.69 Å². The molecule has 3 heteroatoms. The number of nitrogens with two attached hydrogens (primary N) is 1. The summed E-state index contributed by atoms with van der Waals surface area (Å²) < 4.78 is 0. The number of aromatic nitrogens is 1. The lowest BCUT2D eigenvalue weighted by atomic mass is 10.1. The molecule has 0 radical (unpaired) electrons. The van der Waals surface area contributed by atoms with E-state index in [0.717, 1.165) is 18.8 Å². The largest absolute Gasteiger partial charge is 0.370 e. The van der Waals surface area contributed by atoms with E-state index in [2.05, 4.69) is 16.0 Å². The molecule has 2 N–H and O–H groups in total. The van der Waals surface area contributed by atoms with Crippen molar-refractivity contribution in [3.8, 4) is 0 Å². The van der Waals surface area contributed by atoms with Crippen LogP contribution in [0.3, 0.4) is 0 Å². The van der Waals surface area contributed by atoms with E-state index >= 15 is 0 Å². The Balaban J connectivity index is 2.13. The number of nitrogens with zero attached hydrogens (tertiary/aromatic N) is 2. The quantitative estimate of drug-likeness (QED) is 0.830. The fourth-order valence-corrected chi connectivity index (χ4v) is 2.36. The summed E-state index contributed by atoms with van der Waals surface area (Å²) in [5, 5.41) is 0. The van der Waals surface area contributed by atoms with Crippen LogP contribution in [0.15, 0.2) is 18.3 Å². The molecule has 0 amide bonds. The van der Waals surface area contributed by atoms with Crippen LogP contribution >= 0.6 is 0 Å². The molecule has 2 heterocycles. The van der Waals surface area contributed by atoms with Gasteiger partial charge in [0.25, 0.3) is 0 Å². The highest BCUT2D eigenvalue weighted by atomic mass is 15.1. The first kappa shape index (κ1) is 11.4. The van der Waals surface area contributed by atoms with E-state index in [1.165, 1.54) is 37.8 Å². The summed E-state index contributed by atoms with van der Waals surface area (Å²) in [6.07, 6.45) is 8.52. The van der Waals surface area contributed by atoms with E-state index in [0.29, 0.717) is 6.54 Å². The van der Waals surface area contributed by atoms with Crippen molar-refractivity contribution < 1.29 is 0 Å². The van der Waals surface area contributed by atoms with Crippen LogP contribution in [-0.4, -0.2) is 18.1 Å². The van der Waals surface area contributed by atoms with E-state index in [4.69, 9.17) is 5.73 Å². The summed E-state index contributed by atoms with van der Waals surface area (Å²) in [7, 11) is 0. The van der Waals surface area contributed by atoms with Crippen molar-refractivity contribution in [2.24, 2.45) is 5.73 Å². The molecular weight excluding hydrogens is 198 g/mol. The van der Waals surface area contributed by atoms with Gasteiger partial charge in [0.1, 0.15) is 0 Å². The summed E-state index contributed by atoms with van der Waals surface area (Å²) in [5.41, 5.74) is 8.01. The monoisotopic (exact) mass is 219 g/mol. The predicted octanol–water partition coefficient (Wildman–Crippen LogP) is 2.31. The molecule has 88 valence electrons. The average Bonchev–Trinajstić information content (AvgIpc) is 2.29. The summed E-state index contributed by atoms with van der Waals surface area (Å²) >= 11 is 0. The molecule has 1 aliphatic heterocycles. The number of hydrogen-bond acceptors (Lipinski definition) is 3. The van der Waals surface area contributed by atoms with E-state index in [9.17, 15) is 0 Å². The molecule has 0 atom stereocenters. The van der Waals surface area contributed by atoms with Crippen LogP contribution in [0.5, 0.6) is 0 Å². The van der Waals surface area contributed by atoms with Crippen LogP contribution in [0.4, 0.5) is 5.69 Å². The smallest absolute Gasteiger partial charge is 0.0772 e. The Kier molecular flexibility index (Phi) is 4.17. The highest BCUT2D eigenvalue weighted by Gasteiger charge is 2.12. The van der Waals surface area contributed by atoms with Gasteiger partial charge in [0.2, 0.25) is 0 Å². The first-order valence-electron chi connectivity index (χ1n) is 6.31. The Labute approximate surface area is 97.7 Å². The summed E-state index contributed by atoms with van der Waals surface area (Å²) in [5.74, 6) is 0. The summed E-state index contributed by atoms with van der Waals surface area (Å²) in [6, 6.07) is 4.16. The van der Waals surface area contributed by atoms with Gasteiger partial charge in [-0.05, 0) is 25.0 Å². The highest BCUT2D eigenvalue weighted by molar-refractivity contribution is 5.50. The van der Waals surface area contributed by atoms with Gasteiger partial charge in [-0.15, -0.1) is 0 Å². The lowest BCUT2D eigenvalue weighted by molar-refractivity contribution is 0.555. The van der Waals surface area contributed by atoms with Gasteiger partial charge in [0.15, 0.2) is 0 Å². The van der Waals surface area contributed by atoms with Crippen LogP contribution in [-0.2, 0) is 6.54 Å². The molecule has 1 saturated heterocycles. The topological polar surface area (TPSA) is 42.1 Å². The molecule has 0 aromatic carbocycles. The van der Waals surface area contributed by atoms with Gasteiger partial charge in [0.05, 0.1) is 11.4 Å². The van der Waals surface area contributed by atoms with Gasteiger partial charge in [-0.1, -0.05) is 19.3 Å². The maximum atomic E-state index is 5.74. The molecule has 2 rings (SSSR count). The van der Waals surface area contributed by atoms with E-state index in [1.807, 2.05) is 12.3 Å². The van der Waals surface area contributed by atoms with E-state index in [1.54, 1.807) is 0 Å². The van der Waals surface area contributed by atoms with Crippen LogP contribution in [0.1, 0.15) is 37.8 Å². The minimum absolute atomic E-state index is 0.534. The van der Waals surface area contributed by atoms with E-state index < -0.39 is 0 Å². The van der Waals surface area contributed by atoms with Crippen molar-refractivity contribution in [3.63, 3.8) is 0 Å². The van der Waals surface area contributed by atoms with Crippen LogP contribution in [0.2, 0.25) is 0 Å². The minimum atomic E-state index is 0.534. The molecule has 0 bridgehead atoms. The van der Waals surface area contributed by atoms with Crippen LogP contribution in [0.25, 0.3) is 0 Å². The summed E-state index contributed by atoms with van der Waals surface area (Å²) in [6.45, 7) is 2.84. The summed E-state index contributed by atoms with van der Waals surface area (Å²) in [4.78, 5) is 6.81. The molecule has 1 aromatic rings. The second kappa shape index (κ2) is 5.85. The van der Waals surface area contributed by atoms with Crippen LogP contribution in [0, 0.1) is 0 Å². The molecule has 16 heavy (non-hydrogen) atoms.